The molecule has 4 heteroatoms. The van der Waals surface area contributed by atoms with Crippen molar-refractivity contribution in [3.8, 4) is 0 Å². The van der Waals surface area contributed by atoms with E-state index >= 15 is 0 Å². The number of amides is 1. The lowest BCUT2D eigenvalue weighted by Crippen LogP contribution is -2.45. The maximum absolute atomic E-state index is 11.6. The molecule has 0 heterocycles. The smallest absolute Gasteiger partial charge is 0.222 e. The third-order valence-electron chi connectivity index (χ3n) is 3.46. The summed E-state index contributed by atoms with van der Waals surface area (Å²) in [4.78, 5) is 11.6. The summed E-state index contributed by atoms with van der Waals surface area (Å²) in [6, 6.07) is 0. The summed E-state index contributed by atoms with van der Waals surface area (Å²) in [5, 5.41) is 12.3. The second kappa shape index (κ2) is 5.64. The lowest BCUT2D eigenvalue weighted by Gasteiger charge is -2.40. The van der Waals surface area contributed by atoms with Crippen LogP contribution in [0.5, 0.6) is 0 Å². The number of rotatable bonds is 6. The van der Waals surface area contributed by atoms with Gasteiger partial charge in [-0.2, -0.15) is 0 Å². The van der Waals surface area contributed by atoms with Crippen molar-refractivity contribution in [2.24, 2.45) is 5.92 Å². The number of methoxy groups -OCH3 is 1. The molecule has 0 bridgehead atoms. The topological polar surface area (TPSA) is 58.6 Å². The minimum absolute atomic E-state index is 0.0266. The average Bonchev–Trinajstić information content (AvgIpc) is 2.19. The van der Waals surface area contributed by atoms with Gasteiger partial charge in [0.15, 0.2) is 0 Å². The van der Waals surface area contributed by atoms with Gasteiger partial charge >= 0.3 is 0 Å². The average molecular weight is 229 g/mol. The first kappa shape index (κ1) is 13.5. The lowest BCUT2D eigenvalue weighted by molar-refractivity contribution is -0.134. The highest BCUT2D eigenvalue weighted by Gasteiger charge is 2.38. The first-order chi connectivity index (χ1) is 7.49. The van der Waals surface area contributed by atoms with E-state index in [0.717, 1.165) is 19.3 Å². The minimum Gasteiger partial charge on any atom is -0.391 e. The van der Waals surface area contributed by atoms with Crippen LogP contribution in [0.3, 0.4) is 0 Å². The van der Waals surface area contributed by atoms with Gasteiger partial charge in [0.05, 0.1) is 18.1 Å². The van der Waals surface area contributed by atoms with E-state index in [1.807, 2.05) is 13.8 Å². The SMILES string of the molecule is COC1(CC(=O)NCC(O)C(C)C)CCC1. The zero-order chi connectivity index (χ0) is 12.2. The van der Waals surface area contributed by atoms with Crippen LogP contribution in [0.4, 0.5) is 0 Å². The highest BCUT2D eigenvalue weighted by atomic mass is 16.5. The van der Waals surface area contributed by atoms with Gasteiger partial charge in [0.2, 0.25) is 5.91 Å². The summed E-state index contributed by atoms with van der Waals surface area (Å²) < 4.78 is 5.38. The van der Waals surface area contributed by atoms with Crippen molar-refractivity contribution in [3.63, 3.8) is 0 Å². The van der Waals surface area contributed by atoms with E-state index < -0.39 is 6.10 Å². The number of carbonyl (C=O) groups is 1. The number of hydrogen-bond acceptors (Lipinski definition) is 3. The Balaban J connectivity index is 2.25. The molecule has 0 saturated heterocycles. The van der Waals surface area contributed by atoms with E-state index in [4.69, 9.17) is 4.74 Å². The molecule has 1 rings (SSSR count). The molecule has 1 fully saturated rings. The molecule has 1 saturated carbocycles. The van der Waals surface area contributed by atoms with Crippen LogP contribution in [0.25, 0.3) is 0 Å². The van der Waals surface area contributed by atoms with Gasteiger partial charge in [-0.3, -0.25) is 4.79 Å². The minimum atomic E-state index is -0.469. The molecule has 0 aliphatic heterocycles. The fraction of sp³-hybridized carbons (Fsp3) is 0.917. The summed E-state index contributed by atoms with van der Waals surface area (Å²) in [5.74, 6) is 0.140. The highest BCUT2D eigenvalue weighted by Crippen LogP contribution is 2.37. The van der Waals surface area contributed by atoms with Gasteiger partial charge in [-0.25, -0.2) is 0 Å². The maximum atomic E-state index is 11.6. The second-order valence-corrected chi connectivity index (χ2v) is 5.03. The molecule has 0 spiro atoms. The number of aliphatic hydroxyl groups is 1. The van der Waals surface area contributed by atoms with Crippen molar-refractivity contribution in [1.82, 2.24) is 5.32 Å². The van der Waals surface area contributed by atoms with Crippen molar-refractivity contribution in [1.29, 1.82) is 0 Å². The second-order valence-electron chi connectivity index (χ2n) is 5.03. The molecule has 1 aliphatic rings. The van der Waals surface area contributed by atoms with Gasteiger partial charge in [-0.1, -0.05) is 13.8 Å². The quantitative estimate of drug-likeness (QED) is 0.716. The molecule has 16 heavy (non-hydrogen) atoms. The Morgan fingerprint density at radius 1 is 1.50 bits per heavy atom. The Kier molecular flexibility index (Phi) is 4.74. The summed E-state index contributed by atoms with van der Waals surface area (Å²) >= 11 is 0. The van der Waals surface area contributed by atoms with Gasteiger partial charge in [-0.15, -0.1) is 0 Å². The van der Waals surface area contributed by atoms with E-state index in [1.54, 1.807) is 7.11 Å². The molecule has 1 unspecified atom stereocenters. The van der Waals surface area contributed by atoms with Crippen LogP contribution in [0.15, 0.2) is 0 Å². The van der Waals surface area contributed by atoms with Gasteiger partial charge in [-0.05, 0) is 25.2 Å². The van der Waals surface area contributed by atoms with E-state index in [-0.39, 0.29) is 17.4 Å². The van der Waals surface area contributed by atoms with Gasteiger partial charge < -0.3 is 15.2 Å². The Hall–Kier alpha value is -0.610. The van der Waals surface area contributed by atoms with Crippen LogP contribution in [-0.2, 0) is 9.53 Å². The van der Waals surface area contributed by atoms with Crippen LogP contribution in [0, 0.1) is 5.92 Å². The predicted molar refractivity (Wildman–Crippen MR) is 62.1 cm³/mol. The summed E-state index contributed by atoms with van der Waals surface area (Å²) in [5.41, 5.74) is -0.229. The largest absolute Gasteiger partial charge is 0.391 e. The van der Waals surface area contributed by atoms with Gasteiger partial charge in [0.1, 0.15) is 0 Å². The van der Waals surface area contributed by atoms with E-state index in [1.165, 1.54) is 0 Å². The van der Waals surface area contributed by atoms with Crippen LogP contribution < -0.4 is 5.32 Å². The standard InChI is InChI=1S/C12H23NO3/c1-9(2)10(14)8-13-11(15)7-12(16-3)5-4-6-12/h9-10,14H,4-8H2,1-3H3,(H,13,15). The molecule has 94 valence electrons. The molecule has 0 aromatic rings. The Bertz CT molecular complexity index is 231. The lowest BCUT2D eigenvalue weighted by atomic mass is 9.77. The number of hydrogen-bond donors (Lipinski definition) is 2. The van der Waals surface area contributed by atoms with E-state index in [0.29, 0.717) is 13.0 Å². The normalized spacial score (nSPS) is 20.3. The molecular formula is C12H23NO3. The van der Waals surface area contributed by atoms with Gasteiger partial charge in [0.25, 0.3) is 0 Å². The molecular weight excluding hydrogens is 206 g/mol. The number of aliphatic hydroxyl groups excluding tert-OH is 1. The Morgan fingerprint density at radius 2 is 2.12 bits per heavy atom. The first-order valence-electron chi connectivity index (χ1n) is 5.99. The Morgan fingerprint density at radius 3 is 2.50 bits per heavy atom. The molecule has 1 atom stereocenters. The zero-order valence-electron chi connectivity index (χ0n) is 10.5. The monoisotopic (exact) mass is 229 g/mol. The third-order valence-corrected chi connectivity index (χ3v) is 3.46. The Labute approximate surface area is 97.4 Å². The number of carbonyl (C=O) groups excluding carboxylic acids is 1. The van der Waals surface area contributed by atoms with E-state index in [9.17, 15) is 9.90 Å². The van der Waals surface area contributed by atoms with Crippen molar-refractivity contribution in [2.75, 3.05) is 13.7 Å². The van der Waals surface area contributed by atoms with Crippen molar-refractivity contribution in [2.45, 2.75) is 51.2 Å². The molecule has 2 N–H and O–H groups in total. The van der Waals surface area contributed by atoms with Crippen molar-refractivity contribution in [3.05, 3.63) is 0 Å². The van der Waals surface area contributed by atoms with E-state index in [2.05, 4.69) is 5.32 Å². The molecule has 0 radical (unpaired) electrons. The highest BCUT2D eigenvalue weighted by molar-refractivity contribution is 5.77. The molecule has 0 aromatic heterocycles. The van der Waals surface area contributed by atoms with Crippen LogP contribution in [0.1, 0.15) is 39.5 Å². The molecule has 0 aromatic carbocycles. The fourth-order valence-corrected chi connectivity index (χ4v) is 1.83. The number of nitrogens with one attached hydrogen (secondary N) is 1. The van der Waals surface area contributed by atoms with Crippen LogP contribution in [0.2, 0.25) is 0 Å². The number of ether oxygens (including phenoxy) is 1. The molecule has 4 nitrogen and oxygen atoms in total. The van der Waals surface area contributed by atoms with Crippen LogP contribution in [-0.4, -0.2) is 36.4 Å². The zero-order valence-corrected chi connectivity index (χ0v) is 10.5. The third kappa shape index (κ3) is 3.46. The first-order valence-corrected chi connectivity index (χ1v) is 5.99. The predicted octanol–water partition coefficient (Wildman–Crippen LogP) is 1.08. The molecule has 1 aliphatic carbocycles. The maximum Gasteiger partial charge on any atom is 0.222 e. The fourth-order valence-electron chi connectivity index (χ4n) is 1.83. The van der Waals surface area contributed by atoms with Crippen molar-refractivity contribution >= 4 is 5.91 Å². The van der Waals surface area contributed by atoms with Gasteiger partial charge in [0, 0.05) is 13.7 Å². The van der Waals surface area contributed by atoms with Crippen LogP contribution >= 0.6 is 0 Å². The summed E-state index contributed by atoms with van der Waals surface area (Å²) in [6.07, 6.45) is 3.00. The van der Waals surface area contributed by atoms with Crippen molar-refractivity contribution < 1.29 is 14.6 Å². The summed E-state index contributed by atoms with van der Waals surface area (Å²) in [6.45, 7) is 4.19. The molecule has 1 amide bonds. The summed E-state index contributed by atoms with van der Waals surface area (Å²) in [7, 11) is 1.66.